The van der Waals surface area contributed by atoms with Gasteiger partial charge in [-0.2, -0.15) is 0 Å². The molecule has 0 bridgehead atoms. The van der Waals surface area contributed by atoms with Gasteiger partial charge in [0.25, 0.3) is 0 Å². The van der Waals surface area contributed by atoms with E-state index >= 15 is 0 Å². The summed E-state index contributed by atoms with van der Waals surface area (Å²) in [7, 11) is -3.11. The van der Waals surface area contributed by atoms with Crippen molar-refractivity contribution >= 4 is 21.6 Å². The zero-order chi connectivity index (χ0) is 16.4. The van der Waals surface area contributed by atoms with Gasteiger partial charge in [-0.1, -0.05) is 30.7 Å². The SMILES string of the molecule is CCCS(=O)(=O)NC1CCN(C2CCc3c(Cl)cccc32)CC1. The lowest BCUT2D eigenvalue weighted by Crippen LogP contribution is -2.45. The minimum atomic E-state index is -3.11. The fraction of sp³-hybridized carbons (Fsp3) is 0.647. The van der Waals surface area contributed by atoms with Gasteiger partial charge in [-0.3, -0.25) is 4.90 Å². The van der Waals surface area contributed by atoms with Gasteiger partial charge in [-0.05, 0) is 49.3 Å². The predicted octanol–water partition coefficient (Wildman–Crippen LogP) is 3.12. The van der Waals surface area contributed by atoms with E-state index in [-0.39, 0.29) is 11.8 Å². The molecule has 4 nitrogen and oxygen atoms in total. The molecular weight excluding hydrogens is 332 g/mol. The number of nitrogens with one attached hydrogen (secondary N) is 1. The molecule has 1 aromatic carbocycles. The Morgan fingerprint density at radius 2 is 2.00 bits per heavy atom. The van der Waals surface area contributed by atoms with Gasteiger partial charge < -0.3 is 0 Å². The van der Waals surface area contributed by atoms with E-state index in [4.69, 9.17) is 11.6 Å². The Balaban J connectivity index is 1.60. The highest BCUT2D eigenvalue weighted by Crippen LogP contribution is 2.40. The number of hydrogen-bond donors (Lipinski definition) is 1. The minimum Gasteiger partial charge on any atom is -0.296 e. The molecule has 1 N–H and O–H groups in total. The van der Waals surface area contributed by atoms with Gasteiger partial charge in [0.1, 0.15) is 0 Å². The summed E-state index contributed by atoms with van der Waals surface area (Å²) in [5.41, 5.74) is 2.66. The maximum atomic E-state index is 11.9. The van der Waals surface area contributed by atoms with E-state index in [9.17, 15) is 8.42 Å². The summed E-state index contributed by atoms with van der Waals surface area (Å²) in [5.74, 6) is 0.224. The Morgan fingerprint density at radius 1 is 1.26 bits per heavy atom. The molecule has 1 atom stereocenters. The van der Waals surface area contributed by atoms with Crippen molar-refractivity contribution in [2.45, 2.75) is 51.1 Å². The molecule has 1 saturated heterocycles. The molecule has 1 fully saturated rings. The van der Waals surface area contributed by atoms with Crippen LogP contribution in [0.1, 0.15) is 49.8 Å². The van der Waals surface area contributed by atoms with Gasteiger partial charge in [-0.15, -0.1) is 0 Å². The van der Waals surface area contributed by atoms with E-state index < -0.39 is 10.0 Å². The normalized spacial score (nSPS) is 23.1. The lowest BCUT2D eigenvalue weighted by atomic mass is 10.0. The monoisotopic (exact) mass is 356 g/mol. The van der Waals surface area contributed by atoms with E-state index in [1.54, 1.807) is 0 Å². The smallest absolute Gasteiger partial charge is 0.211 e. The summed E-state index contributed by atoms with van der Waals surface area (Å²) >= 11 is 6.30. The van der Waals surface area contributed by atoms with Crippen LogP contribution >= 0.6 is 11.6 Å². The number of nitrogens with zero attached hydrogens (tertiary/aromatic N) is 1. The number of rotatable bonds is 5. The van der Waals surface area contributed by atoms with Crippen LogP contribution in [0.25, 0.3) is 0 Å². The van der Waals surface area contributed by atoms with Crippen molar-refractivity contribution in [2.75, 3.05) is 18.8 Å². The number of likely N-dealkylation sites (tertiary alicyclic amines) is 1. The van der Waals surface area contributed by atoms with Crippen molar-refractivity contribution in [3.8, 4) is 0 Å². The molecule has 23 heavy (non-hydrogen) atoms. The molecule has 0 saturated carbocycles. The number of sulfonamides is 1. The van der Waals surface area contributed by atoms with Gasteiger partial charge in [0.2, 0.25) is 10.0 Å². The number of fused-ring (bicyclic) bond motifs is 1. The number of halogens is 1. The molecule has 0 amide bonds. The van der Waals surface area contributed by atoms with Gasteiger partial charge in [-0.25, -0.2) is 13.1 Å². The average Bonchev–Trinajstić information content (AvgIpc) is 2.93. The molecular formula is C17H25ClN2O2S. The minimum absolute atomic E-state index is 0.0861. The Labute approximate surface area is 144 Å². The zero-order valence-corrected chi connectivity index (χ0v) is 15.2. The molecule has 3 rings (SSSR count). The standard InChI is InChI=1S/C17H25ClN2O2S/c1-2-12-23(21,22)19-13-8-10-20(11-9-13)17-7-6-14-15(17)4-3-5-16(14)18/h3-5,13,17,19H,2,6-12H2,1H3. The second-order valence-corrected chi connectivity index (χ2v) is 8.89. The third-order valence-corrected chi connectivity index (χ3v) is 6.96. The second kappa shape index (κ2) is 7.09. The molecule has 1 aromatic rings. The van der Waals surface area contributed by atoms with E-state index in [2.05, 4.69) is 15.7 Å². The number of hydrogen-bond acceptors (Lipinski definition) is 3. The molecule has 1 heterocycles. The van der Waals surface area contributed by atoms with Crippen LogP contribution in [0.3, 0.4) is 0 Å². The molecule has 1 unspecified atom stereocenters. The summed E-state index contributed by atoms with van der Waals surface area (Å²) in [6.45, 7) is 3.77. The maximum absolute atomic E-state index is 11.9. The Morgan fingerprint density at radius 3 is 2.70 bits per heavy atom. The lowest BCUT2D eigenvalue weighted by Gasteiger charge is -2.36. The van der Waals surface area contributed by atoms with E-state index in [0.717, 1.165) is 43.8 Å². The summed E-state index contributed by atoms with van der Waals surface area (Å²) < 4.78 is 26.7. The van der Waals surface area contributed by atoms with E-state index in [1.165, 1.54) is 11.1 Å². The highest BCUT2D eigenvalue weighted by molar-refractivity contribution is 7.89. The second-order valence-electron chi connectivity index (χ2n) is 6.61. The largest absolute Gasteiger partial charge is 0.296 e. The molecule has 0 spiro atoms. The summed E-state index contributed by atoms with van der Waals surface area (Å²) in [5, 5.41) is 0.882. The van der Waals surface area contributed by atoms with Crippen molar-refractivity contribution in [3.05, 3.63) is 34.3 Å². The van der Waals surface area contributed by atoms with Gasteiger partial charge in [0, 0.05) is 30.2 Å². The number of piperidine rings is 1. The van der Waals surface area contributed by atoms with Crippen LogP contribution in [0.4, 0.5) is 0 Å². The van der Waals surface area contributed by atoms with Crippen molar-refractivity contribution in [3.63, 3.8) is 0 Å². The fourth-order valence-electron chi connectivity index (χ4n) is 3.88. The van der Waals surface area contributed by atoms with Crippen molar-refractivity contribution in [2.24, 2.45) is 0 Å². The predicted molar refractivity (Wildman–Crippen MR) is 94.3 cm³/mol. The number of benzene rings is 1. The molecule has 1 aliphatic carbocycles. The van der Waals surface area contributed by atoms with E-state index in [0.29, 0.717) is 12.5 Å². The third kappa shape index (κ3) is 3.90. The Hall–Kier alpha value is -0.620. The van der Waals surface area contributed by atoms with Crippen LogP contribution in [-0.2, 0) is 16.4 Å². The Kier molecular flexibility index (Phi) is 5.31. The van der Waals surface area contributed by atoms with Gasteiger partial charge >= 0.3 is 0 Å². The van der Waals surface area contributed by atoms with Crippen LogP contribution in [0.2, 0.25) is 5.02 Å². The third-order valence-electron chi connectivity index (χ3n) is 4.97. The van der Waals surface area contributed by atoms with Crippen molar-refractivity contribution in [1.82, 2.24) is 9.62 Å². The first-order valence-electron chi connectivity index (χ1n) is 8.51. The first-order chi connectivity index (χ1) is 11.0. The highest BCUT2D eigenvalue weighted by Gasteiger charge is 2.32. The summed E-state index contributed by atoms with van der Waals surface area (Å²) in [6, 6.07) is 6.72. The van der Waals surface area contributed by atoms with Crippen molar-refractivity contribution in [1.29, 1.82) is 0 Å². The van der Waals surface area contributed by atoms with Gasteiger partial charge in [0.05, 0.1) is 5.75 Å². The van der Waals surface area contributed by atoms with Crippen LogP contribution in [0.15, 0.2) is 18.2 Å². The van der Waals surface area contributed by atoms with Crippen LogP contribution in [0.5, 0.6) is 0 Å². The zero-order valence-electron chi connectivity index (χ0n) is 13.6. The van der Waals surface area contributed by atoms with Crippen LogP contribution < -0.4 is 4.72 Å². The molecule has 0 radical (unpaired) electrons. The van der Waals surface area contributed by atoms with Crippen LogP contribution in [-0.4, -0.2) is 38.2 Å². The topological polar surface area (TPSA) is 49.4 Å². The molecule has 0 aromatic heterocycles. The molecule has 128 valence electrons. The maximum Gasteiger partial charge on any atom is 0.211 e. The average molecular weight is 357 g/mol. The van der Waals surface area contributed by atoms with Crippen molar-refractivity contribution < 1.29 is 8.42 Å². The molecule has 1 aliphatic heterocycles. The first kappa shape index (κ1) is 17.2. The molecule has 6 heteroatoms. The first-order valence-corrected chi connectivity index (χ1v) is 10.5. The molecule has 2 aliphatic rings. The lowest BCUT2D eigenvalue weighted by molar-refractivity contribution is 0.149. The summed E-state index contributed by atoms with van der Waals surface area (Å²) in [6.07, 6.45) is 4.59. The van der Waals surface area contributed by atoms with Gasteiger partial charge in [0.15, 0.2) is 0 Å². The Bertz CT molecular complexity index is 655. The quantitative estimate of drug-likeness (QED) is 0.881. The highest BCUT2D eigenvalue weighted by atomic mass is 35.5. The fourth-order valence-corrected chi connectivity index (χ4v) is 5.55. The van der Waals surface area contributed by atoms with E-state index in [1.807, 2.05) is 19.1 Å². The summed E-state index contributed by atoms with van der Waals surface area (Å²) in [4.78, 5) is 2.49. The van der Waals surface area contributed by atoms with Crippen LogP contribution in [0, 0.1) is 0 Å².